The first-order chi connectivity index (χ1) is 9.67. The van der Waals surface area contributed by atoms with Gasteiger partial charge in [-0.2, -0.15) is 0 Å². The zero-order chi connectivity index (χ0) is 14.4. The lowest BCUT2D eigenvalue weighted by atomic mass is 10.1. The van der Waals surface area contributed by atoms with Crippen molar-refractivity contribution in [2.45, 2.75) is 12.8 Å². The molecular weight excluding hydrogens is 294 g/mol. The molecule has 0 aliphatic rings. The van der Waals surface area contributed by atoms with Gasteiger partial charge in [0.25, 0.3) is 0 Å². The number of benzene rings is 1. The smallest absolute Gasteiger partial charge is 0.224 e. The van der Waals surface area contributed by atoms with Crippen molar-refractivity contribution in [2.24, 2.45) is 0 Å². The molecule has 2 rings (SSSR count). The van der Waals surface area contributed by atoms with Crippen molar-refractivity contribution in [3.05, 3.63) is 45.9 Å². The second-order valence-electron chi connectivity index (χ2n) is 4.30. The minimum Gasteiger partial charge on any atom is -0.365 e. The second-order valence-corrected chi connectivity index (χ2v) is 5.60. The lowest BCUT2D eigenvalue weighted by molar-refractivity contribution is -0.120. The summed E-state index contributed by atoms with van der Waals surface area (Å²) >= 11 is 7.45. The molecule has 0 bridgehead atoms. The molecule has 4 nitrogen and oxygen atoms in total. The van der Waals surface area contributed by atoms with E-state index < -0.39 is 0 Å². The number of carbonyl (C=O) groups excluding carboxylic acids is 1. The first kappa shape index (κ1) is 14.8. The first-order valence-corrected chi connectivity index (χ1v) is 7.56. The first-order valence-electron chi connectivity index (χ1n) is 6.30. The number of anilines is 1. The van der Waals surface area contributed by atoms with Crippen LogP contribution in [0.3, 0.4) is 0 Å². The molecular formula is C14H16ClN3OS. The molecule has 0 radical (unpaired) electrons. The van der Waals surface area contributed by atoms with E-state index in [4.69, 9.17) is 11.6 Å². The van der Waals surface area contributed by atoms with Crippen LogP contribution in [-0.2, 0) is 17.6 Å². The summed E-state index contributed by atoms with van der Waals surface area (Å²) < 4.78 is 0. The summed E-state index contributed by atoms with van der Waals surface area (Å²) in [5.74, 6) is -0.00339. The van der Waals surface area contributed by atoms with Crippen LogP contribution < -0.4 is 10.6 Å². The van der Waals surface area contributed by atoms with E-state index >= 15 is 0 Å². The fourth-order valence-corrected chi connectivity index (χ4v) is 2.68. The van der Waals surface area contributed by atoms with Gasteiger partial charge in [-0.1, -0.05) is 23.7 Å². The van der Waals surface area contributed by atoms with E-state index in [9.17, 15) is 4.79 Å². The van der Waals surface area contributed by atoms with Crippen LogP contribution in [0.5, 0.6) is 0 Å². The van der Waals surface area contributed by atoms with Gasteiger partial charge in [-0.15, -0.1) is 11.3 Å². The Kier molecular flexibility index (Phi) is 5.38. The van der Waals surface area contributed by atoms with Gasteiger partial charge in [0.1, 0.15) is 0 Å². The Morgan fingerprint density at radius 1 is 1.45 bits per heavy atom. The van der Waals surface area contributed by atoms with Gasteiger partial charge in [0.2, 0.25) is 5.91 Å². The van der Waals surface area contributed by atoms with Crippen molar-refractivity contribution < 1.29 is 4.79 Å². The van der Waals surface area contributed by atoms with Gasteiger partial charge >= 0.3 is 0 Å². The normalized spacial score (nSPS) is 10.3. The summed E-state index contributed by atoms with van der Waals surface area (Å²) in [6.45, 7) is 0.590. The maximum Gasteiger partial charge on any atom is 0.224 e. The van der Waals surface area contributed by atoms with Crippen molar-refractivity contribution in [1.82, 2.24) is 10.3 Å². The van der Waals surface area contributed by atoms with Crippen LogP contribution >= 0.6 is 22.9 Å². The lowest BCUT2D eigenvalue weighted by Gasteiger charge is -2.04. The minimum absolute atomic E-state index is 0.00339. The van der Waals surface area contributed by atoms with Gasteiger partial charge in [-0.05, 0) is 17.7 Å². The largest absolute Gasteiger partial charge is 0.365 e. The molecule has 0 unspecified atom stereocenters. The number of halogens is 1. The Balaban J connectivity index is 1.75. The fraction of sp³-hybridized carbons (Fsp3) is 0.286. The maximum atomic E-state index is 11.8. The van der Waals surface area contributed by atoms with Crippen LogP contribution in [-0.4, -0.2) is 24.5 Å². The minimum atomic E-state index is -0.00339. The number of aromatic nitrogens is 1. The van der Waals surface area contributed by atoms with Crippen molar-refractivity contribution in [1.29, 1.82) is 0 Å². The quantitative estimate of drug-likeness (QED) is 0.862. The van der Waals surface area contributed by atoms with E-state index in [1.165, 1.54) is 0 Å². The molecule has 2 aromatic rings. The highest BCUT2D eigenvalue weighted by molar-refractivity contribution is 7.13. The van der Waals surface area contributed by atoms with E-state index in [0.717, 1.165) is 22.8 Å². The number of hydrogen-bond donors (Lipinski definition) is 2. The summed E-state index contributed by atoms with van der Waals surface area (Å²) in [6.07, 6.45) is 1.08. The molecule has 0 aliphatic heterocycles. The lowest BCUT2D eigenvalue weighted by Crippen LogP contribution is -2.27. The molecule has 6 heteroatoms. The van der Waals surface area contributed by atoms with Gasteiger partial charge in [-0.25, -0.2) is 4.98 Å². The monoisotopic (exact) mass is 309 g/mol. The number of hydrogen-bond acceptors (Lipinski definition) is 4. The molecule has 0 aliphatic carbocycles. The fourth-order valence-electron chi connectivity index (χ4n) is 1.76. The summed E-state index contributed by atoms with van der Waals surface area (Å²) in [5.41, 5.74) is 1.91. The number of nitrogens with one attached hydrogen (secondary N) is 2. The Labute approximate surface area is 127 Å². The predicted molar refractivity (Wildman–Crippen MR) is 83.5 cm³/mol. The summed E-state index contributed by atoms with van der Waals surface area (Å²) in [6, 6.07) is 7.34. The van der Waals surface area contributed by atoms with Crippen LogP contribution in [0.1, 0.15) is 11.3 Å². The van der Waals surface area contributed by atoms with Crippen molar-refractivity contribution >= 4 is 34.0 Å². The molecule has 1 aromatic heterocycles. The summed E-state index contributed by atoms with van der Waals surface area (Å²) in [7, 11) is 1.84. The Morgan fingerprint density at radius 2 is 2.30 bits per heavy atom. The molecule has 0 saturated carbocycles. The van der Waals surface area contributed by atoms with Crippen LogP contribution in [0.25, 0.3) is 0 Å². The highest BCUT2D eigenvalue weighted by Crippen LogP contribution is 2.14. The molecule has 0 spiro atoms. The second kappa shape index (κ2) is 7.26. The number of thiazole rings is 1. The average molecular weight is 310 g/mol. The van der Waals surface area contributed by atoms with E-state index in [-0.39, 0.29) is 5.91 Å². The zero-order valence-electron chi connectivity index (χ0n) is 11.1. The van der Waals surface area contributed by atoms with Crippen molar-refractivity contribution in [3.8, 4) is 0 Å². The van der Waals surface area contributed by atoms with Gasteiger partial charge in [0.15, 0.2) is 5.13 Å². The number of rotatable bonds is 6. The average Bonchev–Trinajstić information content (AvgIpc) is 2.86. The SMILES string of the molecule is CNc1nc(CCNC(=O)Cc2cccc(Cl)c2)cs1. The Bertz CT molecular complexity index is 585. The highest BCUT2D eigenvalue weighted by Gasteiger charge is 2.05. The van der Waals surface area contributed by atoms with Gasteiger partial charge in [-0.3, -0.25) is 4.79 Å². The highest BCUT2D eigenvalue weighted by atomic mass is 35.5. The molecule has 20 heavy (non-hydrogen) atoms. The third kappa shape index (κ3) is 4.51. The third-order valence-electron chi connectivity index (χ3n) is 2.72. The standard InChI is InChI=1S/C14H16ClN3OS/c1-16-14-18-12(9-20-14)5-6-17-13(19)8-10-3-2-4-11(15)7-10/h2-4,7,9H,5-6,8H2,1H3,(H,16,18)(H,17,19). The number of carbonyl (C=O) groups is 1. The topological polar surface area (TPSA) is 54.0 Å². The molecule has 1 heterocycles. The van der Waals surface area contributed by atoms with Crippen LogP contribution in [0, 0.1) is 0 Å². The number of amides is 1. The van der Waals surface area contributed by atoms with E-state index in [1.807, 2.05) is 24.6 Å². The van der Waals surface area contributed by atoms with Crippen molar-refractivity contribution in [3.63, 3.8) is 0 Å². The van der Waals surface area contributed by atoms with E-state index in [2.05, 4.69) is 15.6 Å². The molecule has 106 valence electrons. The Morgan fingerprint density at radius 3 is 3.00 bits per heavy atom. The van der Waals surface area contributed by atoms with Crippen LogP contribution in [0.15, 0.2) is 29.6 Å². The Hall–Kier alpha value is -1.59. The summed E-state index contributed by atoms with van der Waals surface area (Å²) in [4.78, 5) is 16.2. The zero-order valence-corrected chi connectivity index (χ0v) is 12.7. The molecule has 2 N–H and O–H groups in total. The van der Waals surface area contributed by atoms with E-state index in [0.29, 0.717) is 18.0 Å². The van der Waals surface area contributed by atoms with Gasteiger partial charge in [0.05, 0.1) is 12.1 Å². The van der Waals surface area contributed by atoms with Gasteiger partial charge < -0.3 is 10.6 Å². The predicted octanol–water partition coefficient (Wildman–Crippen LogP) is 2.74. The molecule has 1 amide bonds. The molecule has 0 atom stereocenters. The number of nitrogens with zero attached hydrogens (tertiary/aromatic N) is 1. The van der Waals surface area contributed by atoms with E-state index in [1.54, 1.807) is 23.5 Å². The van der Waals surface area contributed by atoms with Crippen molar-refractivity contribution in [2.75, 3.05) is 18.9 Å². The molecule has 0 fully saturated rings. The molecule has 1 aromatic carbocycles. The van der Waals surface area contributed by atoms with Crippen LogP contribution in [0.4, 0.5) is 5.13 Å². The molecule has 0 saturated heterocycles. The van der Waals surface area contributed by atoms with Gasteiger partial charge in [0, 0.05) is 30.4 Å². The summed E-state index contributed by atoms with van der Waals surface area (Å²) in [5, 5.41) is 9.42. The third-order valence-corrected chi connectivity index (χ3v) is 3.87. The van der Waals surface area contributed by atoms with Crippen LogP contribution in [0.2, 0.25) is 5.02 Å². The maximum absolute atomic E-state index is 11.8.